The van der Waals surface area contributed by atoms with Gasteiger partial charge >= 0.3 is 0 Å². The van der Waals surface area contributed by atoms with Crippen LogP contribution in [-0.4, -0.2) is 34.1 Å². The molecule has 0 saturated carbocycles. The Morgan fingerprint density at radius 3 is 2.18 bits per heavy atom. The molecule has 0 aliphatic rings. The Morgan fingerprint density at radius 2 is 1.59 bits per heavy atom. The van der Waals surface area contributed by atoms with E-state index in [1.807, 2.05) is 20.8 Å². The molecule has 0 aliphatic carbocycles. The molecule has 1 amide bonds. The lowest BCUT2D eigenvalue weighted by molar-refractivity contribution is 0.102. The average molecular weight is 489 g/mol. The summed E-state index contributed by atoms with van der Waals surface area (Å²) in [6, 6.07) is 12.5. The van der Waals surface area contributed by atoms with Crippen LogP contribution in [0.4, 0.5) is 5.69 Å². The van der Waals surface area contributed by atoms with Crippen LogP contribution in [0.5, 0.6) is 17.2 Å². The molecule has 0 spiro atoms. The highest BCUT2D eigenvalue weighted by molar-refractivity contribution is 7.89. The Morgan fingerprint density at radius 1 is 0.912 bits per heavy atom. The van der Waals surface area contributed by atoms with Gasteiger partial charge in [-0.2, -0.15) is 0 Å². The summed E-state index contributed by atoms with van der Waals surface area (Å²) in [4.78, 5) is 13.0. The number of rotatable bonds is 12. The normalized spacial score (nSPS) is 11.1. The van der Waals surface area contributed by atoms with Crippen molar-refractivity contribution in [2.24, 2.45) is 0 Å². The van der Waals surface area contributed by atoms with Crippen molar-refractivity contribution in [3.05, 3.63) is 66.1 Å². The topological polar surface area (TPSA) is 116 Å². The van der Waals surface area contributed by atoms with Crippen molar-refractivity contribution in [2.75, 3.05) is 25.1 Å². The van der Waals surface area contributed by atoms with Crippen LogP contribution in [-0.2, 0) is 16.6 Å². The van der Waals surface area contributed by atoms with Crippen LogP contribution < -0.4 is 24.2 Å². The number of sulfonamides is 1. The second-order valence-electron chi connectivity index (χ2n) is 6.99. The molecule has 1 aromatic heterocycles. The molecule has 0 bridgehead atoms. The zero-order valence-corrected chi connectivity index (χ0v) is 20.1. The van der Waals surface area contributed by atoms with Crippen molar-refractivity contribution < 1.29 is 31.8 Å². The maximum Gasteiger partial charge on any atom is 0.255 e. The highest BCUT2D eigenvalue weighted by Crippen LogP contribution is 2.39. The van der Waals surface area contributed by atoms with Crippen LogP contribution in [0.1, 0.15) is 36.9 Å². The number of carbonyl (C=O) groups excluding carboxylic acids is 1. The number of carbonyl (C=O) groups is 1. The van der Waals surface area contributed by atoms with E-state index in [0.29, 0.717) is 48.5 Å². The third kappa shape index (κ3) is 6.30. The number of hydrogen-bond donors (Lipinski definition) is 2. The van der Waals surface area contributed by atoms with Gasteiger partial charge in [-0.3, -0.25) is 4.79 Å². The quantitative estimate of drug-likeness (QED) is 0.392. The molecular weight excluding hydrogens is 460 g/mol. The predicted octanol–water partition coefficient (Wildman–Crippen LogP) is 4.21. The lowest BCUT2D eigenvalue weighted by Crippen LogP contribution is -2.23. The molecule has 34 heavy (non-hydrogen) atoms. The lowest BCUT2D eigenvalue weighted by atomic mass is 10.1. The summed E-state index contributed by atoms with van der Waals surface area (Å²) in [7, 11) is -3.82. The summed E-state index contributed by atoms with van der Waals surface area (Å²) >= 11 is 0. The lowest BCUT2D eigenvalue weighted by Gasteiger charge is -2.17. The van der Waals surface area contributed by atoms with E-state index in [4.69, 9.17) is 18.6 Å². The van der Waals surface area contributed by atoms with Gasteiger partial charge in [0.25, 0.3) is 5.91 Å². The minimum atomic E-state index is -3.82. The first-order valence-corrected chi connectivity index (χ1v) is 12.4. The summed E-state index contributed by atoms with van der Waals surface area (Å²) in [6.45, 7) is 6.67. The molecule has 2 N–H and O–H groups in total. The molecule has 9 nitrogen and oxygen atoms in total. The molecule has 0 radical (unpaired) electrons. The highest BCUT2D eigenvalue weighted by atomic mass is 32.2. The Kier molecular flexibility index (Phi) is 8.55. The van der Waals surface area contributed by atoms with E-state index in [2.05, 4.69) is 10.0 Å². The van der Waals surface area contributed by atoms with Crippen molar-refractivity contribution in [1.29, 1.82) is 0 Å². The molecule has 0 atom stereocenters. The second kappa shape index (κ2) is 11.6. The summed E-state index contributed by atoms with van der Waals surface area (Å²) in [6.07, 6.45) is 1.47. The van der Waals surface area contributed by atoms with E-state index in [-0.39, 0.29) is 17.0 Å². The van der Waals surface area contributed by atoms with Gasteiger partial charge in [0.1, 0.15) is 5.76 Å². The monoisotopic (exact) mass is 488 g/mol. The first-order chi connectivity index (χ1) is 16.4. The van der Waals surface area contributed by atoms with Crippen LogP contribution in [0.15, 0.2) is 64.1 Å². The molecule has 182 valence electrons. The Balaban J connectivity index is 1.82. The number of hydrogen-bond acceptors (Lipinski definition) is 7. The SMILES string of the molecule is CCOc1cc(C(=O)Nc2cccc(S(=O)(=O)NCc3ccco3)c2)cc(OCC)c1OCC. The summed E-state index contributed by atoms with van der Waals surface area (Å²) in [5.74, 6) is 1.23. The zero-order chi connectivity index (χ0) is 24.6. The fraction of sp³-hybridized carbons (Fsp3) is 0.292. The van der Waals surface area contributed by atoms with Gasteiger partial charge in [-0.1, -0.05) is 6.07 Å². The molecule has 10 heteroatoms. The largest absolute Gasteiger partial charge is 0.490 e. The van der Waals surface area contributed by atoms with Crippen LogP contribution >= 0.6 is 0 Å². The van der Waals surface area contributed by atoms with Gasteiger partial charge in [0.05, 0.1) is 37.5 Å². The van der Waals surface area contributed by atoms with E-state index >= 15 is 0 Å². The number of benzene rings is 2. The van der Waals surface area contributed by atoms with Crippen molar-refractivity contribution in [1.82, 2.24) is 4.72 Å². The van der Waals surface area contributed by atoms with Gasteiger partial charge in [-0.05, 0) is 63.2 Å². The standard InChI is InChI=1S/C24H28N2O7S/c1-4-30-21-13-17(14-22(31-5-2)23(21)32-6-3)24(27)26-18-9-7-11-20(15-18)34(28,29)25-16-19-10-8-12-33-19/h7-15,25H,4-6,16H2,1-3H3,(H,26,27). The van der Waals surface area contributed by atoms with Crippen molar-refractivity contribution in [3.8, 4) is 17.2 Å². The van der Waals surface area contributed by atoms with Gasteiger partial charge in [-0.25, -0.2) is 13.1 Å². The number of anilines is 1. The highest BCUT2D eigenvalue weighted by Gasteiger charge is 2.20. The minimum Gasteiger partial charge on any atom is -0.490 e. The van der Waals surface area contributed by atoms with E-state index in [1.165, 1.54) is 18.4 Å². The van der Waals surface area contributed by atoms with Gasteiger partial charge in [0.15, 0.2) is 11.5 Å². The molecule has 0 saturated heterocycles. The molecule has 0 unspecified atom stereocenters. The van der Waals surface area contributed by atoms with E-state index in [0.717, 1.165) is 0 Å². The molecule has 0 aliphatic heterocycles. The van der Waals surface area contributed by atoms with Gasteiger partial charge in [-0.15, -0.1) is 0 Å². The van der Waals surface area contributed by atoms with Gasteiger partial charge in [0.2, 0.25) is 15.8 Å². The predicted molar refractivity (Wildman–Crippen MR) is 127 cm³/mol. The third-order valence-electron chi connectivity index (χ3n) is 4.59. The zero-order valence-electron chi connectivity index (χ0n) is 19.3. The summed E-state index contributed by atoms with van der Waals surface area (Å²) in [5, 5.41) is 2.73. The molecule has 1 heterocycles. The first kappa shape index (κ1) is 25.1. The maximum atomic E-state index is 13.0. The number of ether oxygens (including phenoxy) is 3. The third-order valence-corrected chi connectivity index (χ3v) is 5.99. The molecule has 2 aromatic carbocycles. The number of nitrogens with one attached hydrogen (secondary N) is 2. The molecule has 3 aromatic rings. The summed E-state index contributed by atoms with van der Waals surface area (Å²) in [5.41, 5.74) is 0.593. The van der Waals surface area contributed by atoms with E-state index < -0.39 is 15.9 Å². The summed E-state index contributed by atoms with van der Waals surface area (Å²) < 4.78 is 49.9. The first-order valence-electron chi connectivity index (χ1n) is 10.9. The smallest absolute Gasteiger partial charge is 0.255 e. The fourth-order valence-electron chi connectivity index (χ4n) is 3.13. The average Bonchev–Trinajstić information content (AvgIpc) is 3.34. The van der Waals surface area contributed by atoms with Crippen LogP contribution in [0.3, 0.4) is 0 Å². The van der Waals surface area contributed by atoms with E-state index in [1.54, 1.807) is 36.4 Å². The minimum absolute atomic E-state index is 0.00793. The Hall–Kier alpha value is -3.50. The van der Waals surface area contributed by atoms with Crippen LogP contribution in [0, 0.1) is 0 Å². The fourth-order valence-corrected chi connectivity index (χ4v) is 4.17. The van der Waals surface area contributed by atoms with Crippen LogP contribution in [0.25, 0.3) is 0 Å². The number of furan rings is 1. The maximum absolute atomic E-state index is 13.0. The Bertz CT molecular complexity index is 1180. The van der Waals surface area contributed by atoms with Gasteiger partial charge in [0, 0.05) is 11.3 Å². The van der Waals surface area contributed by atoms with E-state index in [9.17, 15) is 13.2 Å². The van der Waals surface area contributed by atoms with Crippen molar-refractivity contribution >= 4 is 21.6 Å². The van der Waals surface area contributed by atoms with Crippen molar-refractivity contribution in [2.45, 2.75) is 32.2 Å². The second-order valence-corrected chi connectivity index (χ2v) is 8.75. The van der Waals surface area contributed by atoms with Gasteiger partial charge < -0.3 is 23.9 Å². The number of amides is 1. The van der Waals surface area contributed by atoms with Crippen molar-refractivity contribution in [3.63, 3.8) is 0 Å². The molecule has 3 rings (SSSR count). The Labute approximate surface area is 199 Å². The molecule has 0 fully saturated rings. The molecular formula is C24H28N2O7S. The van der Waals surface area contributed by atoms with Crippen LogP contribution in [0.2, 0.25) is 0 Å².